The summed E-state index contributed by atoms with van der Waals surface area (Å²) in [5.74, 6) is 0. The van der Waals surface area contributed by atoms with E-state index in [4.69, 9.17) is 5.73 Å². The molecule has 0 aromatic heterocycles. The van der Waals surface area contributed by atoms with Crippen molar-refractivity contribution in [3.63, 3.8) is 0 Å². The molecule has 0 aromatic rings. The van der Waals surface area contributed by atoms with Crippen LogP contribution in [0.1, 0.15) is 44.9 Å². The number of likely N-dealkylation sites (tertiary alicyclic amines) is 1. The highest BCUT2D eigenvalue weighted by Crippen LogP contribution is 2.44. The van der Waals surface area contributed by atoms with Gasteiger partial charge < -0.3 is 10.6 Å². The van der Waals surface area contributed by atoms with Crippen molar-refractivity contribution in [2.75, 3.05) is 26.2 Å². The zero-order chi connectivity index (χ0) is 9.86. The number of nitrogens with zero attached hydrogens (tertiary/aromatic N) is 1. The van der Waals surface area contributed by atoms with Crippen LogP contribution in [0.5, 0.6) is 0 Å². The van der Waals surface area contributed by atoms with Crippen LogP contribution in [0.15, 0.2) is 0 Å². The van der Waals surface area contributed by atoms with Gasteiger partial charge in [-0.1, -0.05) is 19.3 Å². The molecule has 1 aliphatic heterocycles. The number of hydrogen-bond donors (Lipinski definition) is 1. The molecule has 1 saturated heterocycles. The van der Waals surface area contributed by atoms with Crippen LogP contribution in [0.25, 0.3) is 0 Å². The van der Waals surface area contributed by atoms with Crippen LogP contribution in [-0.4, -0.2) is 31.1 Å². The molecule has 82 valence electrons. The molecule has 2 aliphatic rings. The van der Waals surface area contributed by atoms with Gasteiger partial charge in [0.2, 0.25) is 0 Å². The number of nitrogens with two attached hydrogens (primary N) is 1. The molecule has 1 saturated carbocycles. The van der Waals surface area contributed by atoms with E-state index in [1.165, 1.54) is 58.0 Å². The predicted molar refractivity (Wildman–Crippen MR) is 60.2 cm³/mol. The lowest BCUT2D eigenvalue weighted by molar-refractivity contribution is 0.0694. The second kappa shape index (κ2) is 4.63. The monoisotopic (exact) mass is 196 g/mol. The summed E-state index contributed by atoms with van der Waals surface area (Å²) in [6.07, 6.45) is 10.3. The van der Waals surface area contributed by atoms with E-state index in [2.05, 4.69) is 4.90 Å². The molecule has 14 heavy (non-hydrogen) atoms. The molecule has 1 heterocycles. The molecular weight excluding hydrogens is 172 g/mol. The van der Waals surface area contributed by atoms with E-state index in [-0.39, 0.29) is 0 Å². The molecule has 2 heteroatoms. The molecule has 2 fully saturated rings. The summed E-state index contributed by atoms with van der Waals surface area (Å²) in [4.78, 5) is 2.54. The van der Waals surface area contributed by atoms with Gasteiger partial charge in [0, 0.05) is 13.1 Å². The number of hydrogen-bond acceptors (Lipinski definition) is 2. The van der Waals surface area contributed by atoms with E-state index in [0.717, 1.165) is 18.5 Å². The van der Waals surface area contributed by atoms with E-state index in [0.29, 0.717) is 0 Å². The maximum Gasteiger partial charge on any atom is 0.0105 e. The van der Waals surface area contributed by atoms with Gasteiger partial charge in [-0.05, 0) is 44.2 Å². The zero-order valence-corrected chi connectivity index (χ0v) is 9.30. The highest BCUT2D eigenvalue weighted by Gasteiger charge is 2.34. The van der Waals surface area contributed by atoms with Gasteiger partial charge in [-0.3, -0.25) is 0 Å². The first kappa shape index (κ1) is 10.4. The first-order valence-corrected chi connectivity index (χ1v) is 6.27. The summed E-state index contributed by atoms with van der Waals surface area (Å²) in [5.41, 5.74) is 6.34. The smallest absolute Gasteiger partial charge is 0.0105 e. The summed E-state index contributed by atoms with van der Waals surface area (Å²) < 4.78 is 0. The van der Waals surface area contributed by atoms with E-state index >= 15 is 0 Å². The Bertz CT molecular complexity index is 163. The molecule has 1 aliphatic carbocycles. The maximum absolute atomic E-state index is 5.59. The molecule has 2 nitrogen and oxygen atoms in total. The Morgan fingerprint density at radius 1 is 0.929 bits per heavy atom. The Hall–Kier alpha value is -0.0800. The molecule has 0 bridgehead atoms. The first-order valence-electron chi connectivity index (χ1n) is 6.27. The number of piperidine rings is 1. The molecular formula is C12H24N2. The Balaban J connectivity index is 1.81. The van der Waals surface area contributed by atoms with Gasteiger partial charge in [-0.2, -0.15) is 0 Å². The average Bonchev–Trinajstić information content (AvgIpc) is 2.24. The van der Waals surface area contributed by atoms with Crippen LogP contribution < -0.4 is 5.73 Å². The minimum atomic E-state index is 0.753. The van der Waals surface area contributed by atoms with Crippen molar-refractivity contribution in [2.45, 2.75) is 44.9 Å². The highest BCUT2D eigenvalue weighted by molar-refractivity contribution is 4.88. The van der Waals surface area contributed by atoms with E-state index in [9.17, 15) is 0 Å². The van der Waals surface area contributed by atoms with Gasteiger partial charge in [0.05, 0.1) is 0 Å². The van der Waals surface area contributed by atoms with Crippen molar-refractivity contribution in [1.82, 2.24) is 4.90 Å². The van der Waals surface area contributed by atoms with Crippen LogP contribution in [0.4, 0.5) is 0 Å². The second-order valence-electron chi connectivity index (χ2n) is 5.19. The topological polar surface area (TPSA) is 29.3 Å². The summed E-state index contributed by atoms with van der Waals surface area (Å²) in [6, 6.07) is 0. The van der Waals surface area contributed by atoms with Crippen molar-refractivity contribution in [3.8, 4) is 0 Å². The quantitative estimate of drug-likeness (QED) is 0.732. The lowest BCUT2D eigenvalue weighted by atomic mass is 9.68. The molecule has 2 N–H and O–H groups in total. The van der Waals surface area contributed by atoms with Gasteiger partial charge in [0.15, 0.2) is 0 Å². The van der Waals surface area contributed by atoms with Gasteiger partial charge in [-0.25, -0.2) is 0 Å². The lowest BCUT2D eigenvalue weighted by Crippen LogP contribution is -2.42. The van der Waals surface area contributed by atoms with Crippen molar-refractivity contribution in [3.05, 3.63) is 0 Å². The minimum absolute atomic E-state index is 0.753. The van der Waals surface area contributed by atoms with Gasteiger partial charge in [0.1, 0.15) is 0 Å². The summed E-state index contributed by atoms with van der Waals surface area (Å²) in [7, 11) is 0. The van der Waals surface area contributed by atoms with E-state index < -0.39 is 0 Å². The summed E-state index contributed by atoms with van der Waals surface area (Å²) in [5, 5.41) is 0. The first-order chi connectivity index (χ1) is 6.85. The Labute approximate surface area is 87.8 Å². The van der Waals surface area contributed by atoms with Gasteiger partial charge in [0.25, 0.3) is 0 Å². The molecule has 0 atom stereocenters. The van der Waals surface area contributed by atoms with Gasteiger partial charge >= 0.3 is 0 Å². The largest absolute Gasteiger partial charge is 0.329 e. The van der Waals surface area contributed by atoms with E-state index in [1.54, 1.807) is 0 Å². The van der Waals surface area contributed by atoms with Crippen LogP contribution in [0, 0.1) is 5.41 Å². The zero-order valence-electron chi connectivity index (χ0n) is 9.30. The highest BCUT2D eigenvalue weighted by atomic mass is 15.1. The van der Waals surface area contributed by atoms with Crippen LogP contribution in [0.2, 0.25) is 0 Å². The Morgan fingerprint density at radius 2 is 1.57 bits per heavy atom. The minimum Gasteiger partial charge on any atom is -0.329 e. The molecule has 2 rings (SSSR count). The second-order valence-corrected chi connectivity index (χ2v) is 5.19. The predicted octanol–water partition coefficient (Wildman–Crippen LogP) is 1.99. The third kappa shape index (κ3) is 2.29. The van der Waals surface area contributed by atoms with Crippen molar-refractivity contribution in [2.24, 2.45) is 11.1 Å². The fraction of sp³-hybridized carbons (Fsp3) is 1.00. The molecule has 0 radical (unpaired) electrons. The fourth-order valence-electron chi connectivity index (χ4n) is 3.24. The third-order valence-corrected chi connectivity index (χ3v) is 4.28. The van der Waals surface area contributed by atoms with Crippen molar-refractivity contribution >= 4 is 0 Å². The average molecular weight is 196 g/mol. The molecule has 1 spiro atoms. The summed E-state index contributed by atoms with van der Waals surface area (Å²) >= 11 is 0. The molecule has 0 amide bonds. The van der Waals surface area contributed by atoms with Crippen LogP contribution in [-0.2, 0) is 0 Å². The summed E-state index contributed by atoms with van der Waals surface area (Å²) in [6.45, 7) is 4.54. The molecule has 0 unspecified atom stereocenters. The maximum atomic E-state index is 5.59. The van der Waals surface area contributed by atoms with Crippen LogP contribution >= 0.6 is 0 Å². The number of rotatable bonds is 2. The Kier molecular flexibility index (Phi) is 3.45. The van der Waals surface area contributed by atoms with Crippen molar-refractivity contribution in [1.29, 1.82) is 0 Å². The Morgan fingerprint density at radius 3 is 2.14 bits per heavy atom. The normalized spacial score (nSPS) is 28.1. The lowest BCUT2D eigenvalue weighted by Gasteiger charge is -2.44. The van der Waals surface area contributed by atoms with Crippen LogP contribution in [0.3, 0.4) is 0 Å². The van der Waals surface area contributed by atoms with Crippen molar-refractivity contribution < 1.29 is 0 Å². The van der Waals surface area contributed by atoms with E-state index in [1.807, 2.05) is 0 Å². The molecule has 0 aromatic carbocycles. The SMILES string of the molecule is NCCN1CCC2(CCCCC2)CC1. The standard InChI is InChI=1S/C12H24N2/c13-8-11-14-9-6-12(7-10-14)4-2-1-3-5-12/h1-11,13H2. The fourth-order valence-corrected chi connectivity index (χ4v) is 3.24. The van der Waals surface area contributed by atoms with Gasteiger partial charge in [-0.15, -0.1) is 0 Å². The third-order valence-electron chi connectivity index (χ3n) is 4.28.